The summed E-state index contributed by atoms with van der Waals surface area (Å²) < 4.78 is 24.7. The van der Waals surface area contributed by atoms with E-state index in [2.05, 4.69) is 5.32 Å². The quantitative estimate of drug-likeness (QED) is 0.786. The number of piperidine rings is 1. The molecule has 1 heterocycles. The van der Waals surface area contributed by atoms with Crippen LogP contribution in [0.3, 0.4) is 0 Å². The Hall–Kier alpha value is -0.660. The van der Waals surface area contributed by atoms with Crippen LogP contribution in [0.4, 0.5) is 0 Å². The summed E-state index contributed by atoms with van der Waals surface area (Å²) >= 11 is 0. The average molecular weight is 318 g/mol. The van der Waals surface area contributed by atoms with E-state index in [0.29, 0.717) is 25.0 Å². The molecule has 2 rings (SSSR count). The van der Waals surface area contributed by atoms with E-state index in [0.717, 1.165) is 45.1 Å². The third-order valence-corrected chi connectivity index (χ3v) is 5.99. The predicted octanol–water partition coefficient (Wildman–Crippen LogP) is 0.891. The minimum atomic E-state index is -3.08. The van der Waals surface area contributed by atoms with E-state index in [9.17, 15) is 13.2 Å². The summed E-state index contributed by atoms with van der Waals surface area (Å²) in [7, 11) is -3.08. The molecule has 0 bridgehead atoms. The molecule has 0 radical (unpaired) electrons. The molecule has 0 aromatic rings. The molecule has 1 aliphatic carbocycles. The first kappa shape index (κ1) is 16.7. The van der Waals surface area contributed by atoms with E-state index < -0.39 is 16.0 Å². The van der Waals surface area contributed by atoms with Crippen LogP contribution in [0.2, 0.25) is 0 Å². The Labute approximate surface area is 126 Å². The van der Waals surface area contributed by atoms with Gasteiger partial charge in [-0.2, -0.15) is 0 Å². The van der Waals surface area contributed by atoms with E-state index in [4.69, 9.17) is 5.11 Å². The van der Waals surface area contributed by atoms with Crippen LogP contribution in [-0.2, 0) is 14.8 Å². The van der Waals surface area contributed by atoms with Crippen LogP contribution >= 0.6 is 0 Å². The number of hydrogen-bond acceptors (Lipinski definition) is 4. The van der Waals surface area contributed by atoms with Crippen molar-refractivity contribution in [2.75, 3.05) is 25.9 Å². The van der Waals surface area contributed by atoms with Gasteiger partial charge in [-0.25, -0.2) is 12.7 Å². The van der Waals surface area contributed by atoms with E-state index >= 15 is 0 Å². The highest BCUT2D eigenvalue weighted by Gasteiger charge is 2.28. The molecular weight excluding hydrogens is 292 g/mol. The Kier molecular flexibility index (Phi) is 5.62. The molecule has 1 unspecified atom stereocenters. The number of rotatable bonds is 5. The molecule has 6 nitrogen and oxygen atoms in total. The van der Waals surface area contributed by atoms with Crippen molar-refractivity contribution in [1.82, 2.24) is 9.62 Å². The molecule has 2 aliphatic rings. The summed E-state index contributed by atoms with van der Waals surface area (Å²) in [6.45, 7) is 2.07. The summed E-state index contributed by atoms with van der Waals surface area (Å²) in [5, 5.41) is 12.5. The molecule has 21 heavy (non-hydrogen) atoms. The number of carbonyl (C=O) groups is 1. The lowest BCUT2D eigenvalue weighted by Crippen LogP contribution is -2.44. The molecule has 7 heteroatoms. The van der Waals surface area contributed by atoms with Crippen molar-refractivity contribution in [3.05, 3.63) is 0 Å². The predicted molar refractivity (Wildman–Crippen MR) is 80.5 cm³/mol. The van der Waals surface area contributed by atoms with Gasteiger partial charge in [0.25, 0.3) is 0 Å². The maximum Gasteiger partial charge on any atom is 0.306 e. The summed E-state index contributed by atoms with van der Waals surface area (Å²) in [5.41, 5.74) is 0. The smallest absolute Gasteiger partial charge is 0.306 e. The molecular formula is C14H26N2O4S. The van der Waals surface area contributed by atoms with Crippen molar-refractivity contribution >= 4 is 16.0 Å². The molecule has 2 fully saturated rings. The number of nitrogens with zero attached hydrogens (tertiary/aromatic N) is 1. The van der Waals surface area contributed by atoms with Gasteiger partial charge in [0.1, 0.15) is 0 Å². The number of sulfonamides is 1. The van der Waals surface area contributed by atoms with Gasteiger partial charge in [-0.1, -0.05) is 0 Å². The Morgan fingerprint density at radius 1 is 1.24 bits per heavy atom. The van der Waals surface area contributed by atoms with Gasteiger partial charge in [0.15, 0.2) is 0 Å². The van der Waals surface area contributed by atoms with Crippen molar-refractivity contribution in [2.45, 2.75) is 44.6 Å². The highest BCUT2D eigenvalue weighted by Crippen LogP contribution is 2.25. The molecule has 1 saturated carbocycles. The highest BCUT2D eigenvalue weighted by molar-refractivity contribution is 7.88. The van der Waals surface area contributed by atoms with Crippen LogP contribution in [0.1, 0.15) is 38.5 Å². The lowest BCUT2D eigenvalue weighted by atomic mass is 9.86. The first-order valence-electron chi connectivity index (χ1n) is 7.77. The zero-order chi connectivity index (χ0) is 15.5. The molecule has 0 aromatic carbocycles. The lowest BCUT2D eigenvalue weighted by Gasteiger charge is -2.33. The summed E-state index contributed by atoms with van der Waals surface area (Å²) in [6.07, 6.45) is 6.55. The monoisotopic (exact) mass is 318 g/mol. The number of carboxylic acids is 1. The number of aliphatic carboxylic acids is 1. The van der Waals surface area contributed by atoms with E-state index in [1.807, 2.05) is 0 Å². The van der Waals surface area contributed by atoms with Crippen LogP contribution in [0, 0.1) is 11.8 Å². The molecule has 0 spiro atoms. The van der Waals surface area contributed by atoms with Gasteiger partial charge < -0.3 is 10.4 Å². The largest absolute Gasteiger partial charge is 0.481 e. The molecule has 1 aliphatic heterocycles. The third-order valence-electron chi connectivity index (χ3n) is 4.72. The van der Waals surface area contributed by atoms with E-state index in [1.165, 1.54) is 6.26 Å². The van der Waals surface area contributed by atoms with Crippen LogP contribution in [-0.4, -0.2) is 55.7 Å². The van der Waals surface area contributed by atoms with Crippen LogP contribution in [0.25, 0.3) is 0 Å². The Balaban J connectivity index is 1.73. The molecule has 1 saturated heterocycles. The minimum Gasteiger partial charge on any atom is -0.481 e. The Morgan fingerprint density at radius 3 is 2.48 bits per heavy atom. The maximum atomic E-state index is 11.6. The van der Waals surface area contributed by atoms with Gasteiger partial charge in [-0.3, -0.25) is 4.79 Å². The van der Waals surface area contributed by atoms with Crippen molar-refractivity contribution in [2.24, 2.45) is 11.8 Å². The van der Waals surface area contributed by atoms with Gasteiger partial charge in [-0.05, 0) is 51.0 Å². The van der Waals surface area contributed by atoms with Gasteiger partial charge >= 0.3 is 5.97 Å². The van der Waals surface area contributed by atoms with Gasteiger partial charge in [-0.15, -0.1) is 0 Å². The lowest BCUT2D eigenvalue weighted by molar-refractivity contribution is -0.142. The second kappa shape index (κ2) is 7.07. The molecule has 2 N–H and O–H groups in total. The fourth-order valence-corrected chi connectivity index (χ4v) is 4.31. The van der Waals surface area contributed by atoms with E-state index in [-0.39, 0.29) is 5.92 Å². The second-order valence-electron chi connectivity index (χ2n) is 6.42. The van der Waals surface area contributed by atoms with Crippen molar-refractivity contribution in [1.29, 1.82) is 0 Å². The Bertz CT molecular complexity index is 458. The maximum absolute atomic E-state index is 11.6. The summed E-state index contributed by atoms with van der Waals surface area (Å²) in [6, 6.07) is 0.384. The molecule has 1 atom stereocenters. The third kappa shape index (κ3) is 4.93. The standard InChI is InChI=1S/C14H26N2O4S/c1-21(19,20)16-8-2-3-11(10-16)9-15-13-6-4-12(5-7-13)14(17)18/h11-13,15H,2-10H2,1H3,(H,17,18). The summed E-state index contributed by atoms with van der Waals surface area (Å²) in [5.74, 6) is -0.492. The number of hydrogen-bond donors (Lipinski definition) is 2. The first-order valence-corrected chi connectivity index (χ1v) is 9.62. The van der Waals surface area contributed by atoms with Crippen LogP contribution < -0.4 is 5.32 Å². The van der Waals surface area contributed by atoms with E-state index in [1.54, 1.807) is 4.31 Å². The van der Waals surface area contributed by atoms with Crippen molar-refractivity contribution in [3.8, 4) is 0 Å². The summed E-state index contributed by atoms with van der Waals surface area (Å²) in [4.78, 5) is 10.9. The van der Waals surface area contributed by atoms with Crippen molar-refractivity contribution < 1.29 is 18.3 Å². The SMILES string of the molecule is CS(=O)(=O)N1CCCC(CNC2CCC(C(=O)O)CC2)C1. The van der Waals surface area contributed by atoms with Gasteiger partial charge in [0.05, 0.1) is 12.2 Å². The molecule has 0 aromatic heterocycles. The topological polar surface area (TPSA) is 86.7 Å². The fourth-order valence-electron chi connectivity index (χ4n) is 3.37. The fraction of sp³-hybridized carbons (Fsp3) is 0.929. The van der Waals surface area contributed by atoms with Gasteiger partial charge in [0, 0.05) is 19.1 Å². The van der Waals surface area contributed by atoms with Crippen molar-refractivity contribution in [3.63, 3.8) is 0 Å². The Morgan fingerprint density at radius 2 is 1.90 bits per heavy atom. The van der Waals surface area contributed by atoms with Crippen LogP contribution in [0.15, 0.2) is 0 Å². The number of nitrogens with one attached hydrogen (secondary N) is 1. The number of carboxylic acid groups (broad SMARTS) is 1. The zero-order valence-electron chi connectivity index (χ0n) is 12.6. The average Bonchev–Trinajstić information content (AvgIpc) is 2.45. The minimum absolute atomic E-state index is 0.182. The second-order valence-corrected chi connectivity index (χ2v) is 8.41. The highest BCUT2D eigenvalue weighted by atomic mass is 32.2. The first-order chi connectivity index (χ1) is 9.86. The zero-order valence-corrected chi connectivity index (χ0v) is 13.4. The normalized spacial score (nSPS) is 32.0. The van der Waals surface area contributed by atoms with Gasteiger partial charge in [0.2, 0.25) is 10.0 Å². The molecule has 122 valence electrons. The van der Waals surface area contributed by atoms with Crippen LogP contribution in [0.5, 0.6) is 0 Å². The molecule has 0 amide bonds.